The molecule has 21 heavy (non-hydrogen) atoms. The Morgan fingerprint density at radius 3 is 2.62 bits per heavy atom. The summed E-state index contributed by atoms with van der Waals surface area (Å²) in [6.45, 7) is 1.68. The van der Waals surface area contributed by atoms with Crippen LogP contribution in [0.2, 0.25) is 5.02 Å². The van der Waals surface area contributed by atoms with Crippen molar-refractivity contribution in [1.29, 1.82) is 0 Å². The summed E-state index contributed by atoms with van der Waals surface area (Å²) >= 11 is 5.87. The number of hydrogen-bond acceptors (Lipinski definition) is 4. The average molecular weight is 313 g/mol. The van der Waals surface area contributed by atoms with E-state index in [-0.39, 0.29) is 16.3 Å². The molecule has 0 aliphatic carbocycles. The molecule has 0 unspecified atom stereocenters. The van der Waals surface area contributed by atoms with Gasteiger partial charge >= 0.3 is 5.97 Å². The number of nitrogens with zero attached hydrogens (tertiary/aromatic N) is 2. The van der Waals surface area contributed by atoms with Crippen LogP contribution < -0.4 is 4.74 Å². The topological polar surface area (TPSA) is 53.4 Å². The summed E-state index contributed by atoms with van der Waals surface area (Å²) in [6, 6.07) is 2.61. The van der Waals surface area contributed by atoms with Crippen LogP contribution in [0, 0.1) is 12.7 Å². The fraction of sp³-hybridized carbons (Fsp3) is 0.286. The van der Waals surface area contributed by atoms with Gasteiger partial charge in [-0.25, -0.2) is 9.18 Å². The predicted octanol–water partition coefficient (Wildman–Crippen LogP) is 2.98. The molecule has 0 radical (unpaired) electrons. The molecule has 0 fully saturated rings. The van der Waals surface area contributed by atoms with E-state index in [2.05, 4.69) is 5.10 Å². The molecule has 2 aromatic rings. The lowest BCUT2D eigenvalue weighted by atomic mass is 10.1. The number of aryl methyl sites for hydroxylation is 1. The zero-order valence-corrected chi connectivity index (χ0v) is 12.8. The summed E-state index contributed by atoms with van der Waals surface area (Å²) in [5.41, 5.74) is 1.33. The van der Waals surface area contributed by atoms with Crippen molar-refractivity contribution < 1.29 is 18.7 Å². The van der Waals surface area contributed by atoms with Gasteiger partial charge in [-0.3, -0.25) is 4.68 Å². The minimum Gasteiger partial charge on any atom is -0.495 e. The number of rotatable bonds is 3. The first-order chi connectivity index (χ1) is 9.90. The molecule has 0 atom stereocenters. The summed E-state index contributed by atoms with van der Waals surface area (Å²) in [6.07, 6.45) is 0. The number of ether oxygens (including phenoxy) is 2. The van der Waals surface area contributed by atoms with E-state index in [0.29, 0.717) is 17.0 Å². The Hall–Kier alpha value is -2.08. The second kappa shape index (κ2) is 5.73. The van der Waals surface area contributed by atoms with Crippen molar-refractivity contribution in [3.8, 4) is 17.0 Å². The van der Waals surface area contributed by atoms with Crippen molar-refractivity contribution in [1.82, 2.24) is 9.78 Å². The molecule has 5 nitrogen and oxygen atoms in total. The van der Waals surface area contributed by atoms with Crippen LogP contribution in [0.3, 0.4) is 0 Å². The minimum atomic E-state index is -0.543. The number of hydrogen-bond donors (Lipinski definition) is 0. The highest BCUT2D eigenvalue weighted by Gasteiger charge is 2.23. The van der Waals surface area contributed by atoms with E-state index in [9.17, 15) is 9.18 Å². The zero-order chi connectivity index (χ0) is 15.7. The first-order valence-corrected chi connectivity index (χ1v) is 6.43. The quantitative estimate of drug-likeness (QED) is 0.818. The normalized spacial score (nSPS) is 10.6. The number of esters is 1. The number of carbonyl (C=O) groups is 1. The predicted molar refractivity (Wildman–Crippen MR) is 76.2 cm³/mol. The molecule has 1 aromatic carbocycles. The molecule has 0 aliphatic rings. The second-order valence-corrected chi connectivity index (χ2v) is 4.81. The van der Waals surface area contributed by atoms with Gasteiger partial charge in [0.2, 0.25) is 0 Å². The van der Waals surface area contributed by atoms with Gasteiger partial charge in [0.05, 0.1) is 24.9 Å². The third-order valence-corrected chi connectivity index (χ3v) is 3.45. The highest BCUT2D eigenvalue weighted by Crippen LogP contribution is 2.34. The maximum absolute atomic E-state index is 14.2. The van der Waals surface area contributed by atoms with Gasteiger partial charge in [-0.1, -0.05) is 11.6 Å². The molecule has 1 heterocycles. The SMILES string of the molecule is COC(=O)c1c(C)c(-c2cc(OC)c(Cl)cc2F)nn1C. The maximum Gasteiger partial charge on any atom is 0.356 e. The van der Waals surface area contributed by atoms with Gasteiger partial charge in [0.25, 0.3) is 0 Å². The Morgan fingerprint density at radius 2 is 2.05 bits per heavy atom. The summed E-state index contributed by atoms with van der Waals surface area (Å²) in [5.74, 6) is -0.744. The van der Waals surface area contributed by atoms with Crippen molar-refractivity contribution in [2.24, 2.45) is 7.05 Å². The lowest BCUT2D eigenvalue weighted by molar-refractivity contribution is 0.0587. The van der Waals surface area contributed by atoms with Gasteiger partial charge in [0, 0.05) is 18.2 Å². The summed E-state index contributed by atoms with van der Waals surface area (Å²) in [5, 5.41) is 4.36. The molecular formula is C14H14ClFN2O3. The lowest BCUT2D eigenvalue weighted by Gasteiger charge is -2.07. The molecule has 0 saturated heterocycles. The molecule has 7 heteroatoms. The van der Waals surface area contributed by atoms with Crippen LogP contribution >= 0.6 is 11.6 Å². The van der Waals surface area contributed by atoms with E-state index in [0.717, 1.165) is 6.07 Å². The Bertz CT molecular complexity index is 713. The fourth-order valence-corrected chi connectivity index (χ4v) is 2.36. The fourth-order valence-electron chi connectivity index (χ4n) is 2.13. The molecule has 0 spiro atoms. The lowest BCUT2D eigenvalue weighted by Crippen LogP contribution is -2.09. The Labute approximate surface area is 126 Å². The number of benzene rings is 1. The van der Waals surface area contributed by atoms with Crippen molar-refractivity contribution in [3.05, 3.63) is 34.2 Å². The Morgan fingerprint density at radius 1 is 1.38 bits per heavy atom. The second-order valence-electron chi connectivity index (χ2n) is 4.40. The van der Waals surface area contributed by atoms with Crippen LogP contribution in [-0.2, 0) is 11.8 Å². The number of methoxy groups -OCH3 is 2. The van der Waals surface area contributed by atoms with E-state index in [1.54, 1.807) is 14.0 Å². The summed E-state index contributed by atoms with van der Waals surface area (Å²) in [4.78, 5) is 11.7. The van der Waals surface area contributed by atoms with Gasteiger partial charge in [0.1, 0.15) is 17.3 Å². The standard InChI is InChI=1S/C14H14ClFN2O3/c1-7-12(17-18(2)13(7)14(19)21-4)8-5-11(20-3)9(15)6-10(8)16/h5-6H,1-4H3. The first-order valence-electron chi connectivity index (χ1n) is 6.06. The average Bonchev–Trinajstić information content (AvgIpc) is 2.73. The maximum atomic E-state index is 14.2. The van der Waals surface area contributed by atoms with Crippen molar-refractivity contribution in [2.45, 2.75) is 6.92 Å². The zero-order valence-electron chi connectivity index (χ0n) is 12.0. The molecule has 1 aromatic heterocycles. The molecule has 2 rings (SSSR count). The van der Waals surface area contributed by atoms with Crippen LogP contribution in [0.5, 0.6) is 5.75 Å². The van der Waals surface area contributed by atoms with E-state index in [4.69, 9.17) is 21.1 Å². The molecule has 0 aliphatic heterocycles. The van der Waals surface area contributed by atoms with E-state index in [1.165, 1.54) is 25.0 Å². The molecular weight excluding hydrogens is 299 g/mol. The van der Waals surface area contributed by atoms with Crippen LogP contribution in [0.15, 0.2) is 12.1 Å². The Kier molecular flexibility index (Phi) is 4.18. The smallest absolute Gasteiger partial charge is 0.356 e. The summed E-state index contributed by atoms with van der Waals surface area (Å²) < 4.78 is 25.3. The van der Waals surface area contributed by atoms with Crippen LogP contribution in [0.1, 0.15) is 16.1 Å². The minimum absolute atomic E-state index is 0.167. The van der Waals surface area contributed by atoms with Crippen molar-refractivity contribution >= 4 is 17.6 Å². The van der Waals surface area contributed by atoms with Gasteiger partial charge in [0.15, 0.2) is 0 Å². The van der Waals surface area contributed by atoms with Crippen LogP contribution in [-0.4, -0.2) is 30.0 Å². The number of aromatic nitrogens is 2. The number of halogens is 2. The highest BCUT2D eigenvalue weighted by atomic mass is 35.5. The van der Waals surface area contributed by atoms with E-state index >= 15 is 0 Å². The van der Waals surface area contributed by atoms with Gasteiger partial charge in [-0.2, -0.15) is 5.10 Å². The largest absolute Gasteiger partial charge is 0.495 e. The molecule has 112 valence electrons. The van der Waals surface area contributed by atoms with E-state index in [1.807, 2.05) is 0 Å². The molecule has 0 saturated carbocycles. The van der Waals surface area contributed by atoms with Crippen LogP contribution in [0.25, 0.3) is 11.3 Å². The first kappa shape index (κ1) is 15.3. The summed E-state index contributed by atoms with van der Waals surface area (Å²) in [7, 11) is 4.31. The highest BCUT2D eigenvalue weighted by molar-refractivity contribution is 6.32. The van der Waals surface area contributed by atoms with Gasteiger partial charge in [-0.15, -0.1) is 0 Å². The third kappa shape index (κ3) is 2.58. The molecule has 0 amide bonds. The van der Waals surface area contributed by atoms with Gasteiger partial charge < -0.3 is 9.47 Å². The molecule has 0 N–H and O–H groups in total. The molecule has 0 bridgehead atoms. The van der Waals surface area contributed by atoms with E-state index < -0.39 is 11.8 Å². The van der Waals surface area contributed by atoms with Gasteiger partial charge in [-0.05, 0) is 19.1 Å². The Balaban J connectivity index is 2.66. The van der Waals surface area contributed by atoms with Crippen molar-refractivity contribution in [3.63, 3.8) is 0 Å². The monoisotopic (exact) mass is 312 g/mol. The van der Waals surface area contributed by atoms with Crippen molar-refractivity contribution in [2.75, 3.05) is 14.2 Å². The third-order valence-electron chi connectivity index (χ3n) is 3.16. The van der Waals surface area contributed by atoms with Crippen LogP contribution in [0.4, 0.5) is 4.39 Å². The number of carbonyl (C=O) groups excluding carboxylic acids is 1.